The number of carbonyl (C=O) groups is 1. The maximum Gasteiger partial charge on any atom is 0.258 e. The van der Waals surface area contributed by atoms with E-state index >= 15 is 0 Å². The quantitative estimate of drug-likeness (QED) is 0.852. The van der Waals surface area contributed by atoms with Crippen LogP contribution in [0.4, 0.5) is 5.69 Å². The second-order valence-corrected chi connectivity index (χ2v) is 4.68. The summed E-state index contributed by atoms with van der Waals surface area (Å²) in [6.45, 7) is 1.41. The smallest absolute Gasteiger partial charge is 0.258 e. The molecule has 0 saturated heterocycles. The summed E-state index contributed by atoms with van der Waals surface area (Å²) in [6, 6.07) is 13.6. The van der Waals surface area contributed by atoms with Gasteiger partial charge in [0.25, 0.3) is 5.91 Å². The minimum Gasteiger partial charge on any atom is -0.444 e. The van der Waals surface area contributed by atoms with Crippen LogP contribution >= 0.6 is 0 Å². The molecule has 7 heteroatoms. The van der Waals surface area contributed by atoms with Gasteiger partial charge in [-0.15, -0.1) is 0 Å². The summed E-state index contributed by atoms with van der Waals surface area (Å²) >= 11 is 0. The third kappa shape index (κ3) is 2.46. The lowest BCUT2D eigenvalue weighted by Gasteiger charge is -2.28. The summed E-state index contributed by atoms with van der Waals surface area (Å²) in [5.74, 6) is -1.07. The largest absolute Gasteiger partial charge is 0.444 e. The Bertz CT molecular complexity index is 833. The second kappa shape index (κ2) is 5.93. The highest BCUT2D eigenvalue weighted by molar-refractivity contribution is 6.07. The molecule has 0 radical (unpaired) electrons. The number of nitriles is 3. The molecule has 0 aliphatic carbocycles. The number of benzene rings is 1. The lowest BCUT2D eigenvalue weighted by atomic mass is 9.74. The first-order chi connectivity index (χ1) is 11.0. The molecule has 1 aromatic carbocycles. The van der Waals surface area contributed by atoms with Gasteiger partial charge >= 0.3 is 0 Å². The number of carbonyl (C=O) groups excluding carboxylic acids is 1. The molecule has 0 spiro atoms. The molecule has 0 unspecified atom stereocenters. The first-order valence-corrected chi connectivity index (χ1v) is 6.48. The van der Waals surface area contributed by atoms with Crippen LogP contribution in [-0.4, -0.2) is 5.91 Å². The number of para-hydroxylation sites is 1. The monoisotopic (exact) mass is 305 g/mol. The first-order valence-electron chi connectivity index (χ1n) is 6.48. The highest BCUT2D eigenvalue weighted by Crippen LogP contribution is 2.42. The minimum absolute atomic E-state index is 0.00182. The number of allylic oxidation sites excluding steroid dienone is 2. The van der Waals surface area contributed by atoms with E-state index in [9.17, 15) is 20.6 Å². The Morgan fingerprint density at radius 2 is 1.83 bits per heavy atom. The molecule has 1 aliphatic heterocycles. The van der Waals surface area contributed by atoms with Crippen molar-refractivity contribution in [3.8, 4) is 18.2 Å². The Morgan fingerprint density at radius 3 is 2.35 bits per heavy atom. The van der Waals surface area contributed by atoms with E-state index in [0.29, 0.717) is 5.69 Å². The van der Waals surface area contributed by atoms with Crippen molar-refractivity contribution in [3.05, 3.63) is 53.1 Å². The van der Waals surface area contributed by atoms with Gasteiger partial charge in [0, 0.05) is 5.69 Å². The Labute approximate surface area is 132 Å². The topological polar surface area (TPSA) is 136 Å². The predicted molar refractivity (Wildman–Crippen MR) is 79.3 cm³/mol. The van der Waals surface area contributed by atoms with Crippen molar-refractivity contribution in [2.24, 2.45) is 11.1 Å². The van der Waals surface area contributed by atoms with Gasteiger partial charge in [-0.2, -0.15) is 15.8 Å². The van der Waals surface area contributed by atoms with Gasteiger partial charge in [0.05, 0.1) is 17.7 Å². The van der Waals surface area contributed by atoms with Gasteiger partial charge < -0.3 is 15.8 Å². The Kier molecular flexibility index (Phi) is 4.03. The average Bonchev–Trinajstić information content (AvgIpc) is 2.54. The maximum absolute atomic E-state index is 12.6. The van der Waals surface area contributed by atoms with Crippen molar-refractivity contribution in [2.45, 2.75) is 6.92 Å². The minimum atomic E-state index is -2.11. The molecule has 23 heavy (non-hydrogen) atoms. The van der Waals surface area contributed by atoms with Crippen LogP contribution in [0.3, 0.4) is 0 Å². The van der Waals surface area contributed by atoms with Crippen molar-refractivity contribution in [1.29, 1.82) is 15.8 Å². The third-order valence-electron chi connectivity index (χ3n) is 3.32. The summed E-state index contributed by atoms with van der Waals surface area (Å²) in [5, 5.41) is 30.7. The van der Waals surface area contributed by atoms with E-state index in [1.54, 1.807) is 48.5 Å². The SMILES string of the molecule is CC1=C(C(=O)Nc2ccccc2)C(C#N)(C#N)C(C#N)=C(N)O1. The number of ether oxygens (including phenoxy) is 1. The van der Waals surface area contributed by atoms with E-state index in [-0.39, 0.29) is 17.2 Å². The molecule has 2 rings (SSSR count). The van der Waals surface area contributed by atoms with E-state index in [1.807, 2.05) is 0 Å². The summed E-state index contributed by atoms with van der Waals surface area (Å²) in [6.07, 6.45) is 0. The zero-order valence-electron chi connectivity index (χ0n) is 12.1. The molecule has 1 aromatic rings. The second-order valence-electron chi connectivity index (χ2n) is 4.68. The summed E-state index contributed by atoms with van der Waals surface area (Å²) in [4.78, 5) is 12.6. The number of nitrogens with one attached hydrogen (secondary N) is 1. The van der Waals surface area contributed by atoms with Crippen molar-refractivity contribution in [1.82, 2.24) is 0 Å². The lowest BCUT2D eigenvalue weighted by molar-refractivity contribution is -0.113. The van der Waals surface area contributed by atoms with Crippen molar-refractivity contribution in [2.75, 3.05) is 5.32 Å². The molecular weight excluding hydrogens is 294 g/mol. The van der Waals surface area contributed by atoms with E-state index in [1.165, 1.54) is 6.92 Å². The molecule has 1 aliphatic rings. The number of hydrogen-bond acceptors (Lipinski definition) is 6. The van der Waals surface area contributed by atoms with Gasteiger partial charge in [-0.05, 0) is 19.1 Å². The van der Waals surface area contributed by atoms with Gasteiger partial charge in [-0.1, -0.05) is 18.2 Å². The number of amides is 1. The zero-order chi connectivity index (χ0) is 17.0. The third-order valence-corrected chi connectivity index (χ3v) is 3.32. The molecule has 1 heterocycles. The maximum atomic E-state index is 12.6. The first kappa shape index (κ1) is 15.6. The van der Waals surface area contributed by atoms with Crippen LogP contribution < -0.4 is 11.1 Å². The fourth-order valence-corrected chi connectivity index (χ4v) is 2.27. The Morgan fingerprint density at radius 1 is 1.22 bits per heavy atom. The van der Waals surface area contributed by atoms with E-state index in [0.717, 1.165) is 0 Å². The van der Waals surface area contributed by atoms with E-state index in [4.69, 9.17) is 10.5 Å². The van der Waals surface area contributed by atoms with Crippen LogP contribution in [0.5, 0.6) is 0 Å². The summed E-state index contributed by atoms with van der Waals surface area (Å²) in [5.41, 5.74) is 3.30. The normalized spacial score (nSPS) is 15.7. The average molecular weight is 305 g/mol. The molecule has 112 valence electrons. The van der Waals surface area contributed by atoms with Crippen LogP contribution in [0.15, 0.2) is 53.1 Å². The van der Waals surface area contributed by atoms with Gasteiger partial charge in [-0.25, -0.2) is 0 Å². The molecule has 0 saturated carbocycles. The van der Waals surface area contributed by atoms with Crippen molar-refractivity contribution >= 4 is 11.6 Å². The highest BCUT2D eigenvalue weighted by Gasteiger charge is 2.49. The van der Waals surface area contributed by atoms with Crippen LogP contribution in [0.2, 0.25) is 0 Å². The highest BCUT2D eigenvalue weighted by atomic mass is 16.5. The van der Waals surface area contributed by atoms with E-state index < -0.39 is 16.9 Å². The van der Waals surface area contributed by atoms with Gasteiger partial charge in [0.1, 0.15) is 17.4 Å². The number of nitrogens with two attached hydrogens (primary N) is 1. The number of nitrogens with zero attached hydrogens (tertiary/aromatic N) is 3. The van der Waals surface area contributed by atoms with Crippen molar-refractivity contribution in [3.63, 3.8) is 0 Å². The van der Waals surface area contributed by atoms with Crippen LogP contribution in [0.1, 0.15) is 6.92 Å². The van der Waals surface area contributed by atoms with Crippen LogP contribution in [-0.2, 0) is 9.53 Å². The van der Waals surface area contributed by atoms with Gasteiger partial charge in [0.15, 0.2) is 0 Å². The molecule has 7 nitrogen and oxygen atoms in total. The Balaban J connectivity index is 2.54. The molecule has 0 atom stereocenters. The fraction of sp³-hybridized carbons (Fsp3) is 0.125. The molecule has 3 N–H and O–H groups in total. The molecule has 1 amide bonds. The zero-order valence-corrected chi connectivity index (χ0v) is 12.1. The number of rotatable bonds is 2. The van der Waals surface area contributed by atoms with Crippen molar-refractivity contribution < 1.29 is 9.53 Å². The predicted octanol–water partition coefficient (Wildman–Crippen LogP) is 1.66. The lowest BCUT2D eigenvalue weighted by Crippen LogP contribution is -2.36. The Hall–Kier alpha value is -3.76. The standard InChI is InChI=1S/C16H11N5O2/c1-10-13(15(22)21-11-5-3-2-4-6-11)16(8-18,9-19)12(7-17)14(20)23-10/h2-6H,20H2,1H3,(H,21,22). The van der Waals surface area contributed by atoms with E-state index in [2.05, 4.69) is 5.32 Å². The molecule has 0 bridgehead atoms. The van der Waals surface area contributed by atoms with Gasteiger partial charge in [-0.3, -0.25) is 4.79 Å². The summed E-state index contributed by atoms with van der Waals surface area (Å²) < 4.78 is 5.17. The van der Waals surface area contributed by atoms with Gasteiger partial charge in [0.2, 0.25) is 11.3 Å². The van der Waals surface area contributed by atoms with Crippen LogP contribution in [0, 0.1) is 39.4 Å². The fourth-order valence-electron chi connectivity index (χ4n) is 2.27. The molecule has 0 aromatic heterocycles. The summed E-state index contributed by atoms with van der Waals surface area (Å²) in [7, 11) is 0. The number of hydrogen-bond donors (Lipinski definition) is 2. The number of anilines is 1. The molecular formula is C16H11N5O2. The van der Waals surface area contributed by atoms with Crippen LogP contribution in [0.25, 0.3) is 0 Å². The molecule has 0 fully saturated rings.